The van der Waals surface area contributed by atoms with Crippen LogP contribution in [0.5, 0.6) is 0 Å². The van der Waals surface area contributed by atoms with Crippen LogP contribution in [-0.4, -0.2) is 46.8 Å². The fourth-order valence-electron chi connectivity index (χ4n) is 3.05. The molecule has 2 aromatic heterocycles. The molecule has 3 rings (SSSR count). The maximum Gasteiger partial charge on any atom is 0.261 e. The van der Waals surface area contributed by atoms with E-state index in [4.69, 9.17) is 11.6 Å². The Labute approximate surface area is 181 Å². The second-order valence-corrected chi connectivity index (χ2v) is 7.91. The van der Waals surface area contributed by atoms with E-state index >= 15 is 0 Å². The van der Waals surface area contributed by atoms with Crippen molar-refractivity contribution < 1.29 is 4.79 Å². The van der Waals surface area contributed by atoms with E-state index < -0.39 is 0 Å². The lowest BCUT2D eigenvalue weighted by Gasteiger charge is -2.17. The van der Waals surface area contributed by atoms with E-state index in [9.17, 15) is 4.79 Å². The molecule has 1 aromatic carbocycles. The highest BCUT2D eigenvalue weighted by Crippen LogP contribution is 2.30. The number of thiophene rings is 1. The largest absolute Gasteiger partial charge is 0.351 e. The van der Waals surface area contributed by atoms with E-state index in [1.807, 2.05) is 41.9 Å². The standard InChI is InChI=1S/C20H25ClN4OS.ClH/c1-4-24(5-2)12-6-11-22-19(26)18-13-17-14(3)23-25(20(17)27-18)16-9-7-15(21)8-10-16;/h7-10,13H,4-6,11-12H2,1-3H3,(H,22,26);1H. The summed E-state index contributed by atoms with van der Waals surface area (Å²) in [6, 6.07) is 9.49. The number of rotatable bonds is 8. The van der Waals surface area contributed by atoms with Crippen molar-refractivity contribution in [1.29, 1.82) is 0 Å². The van der Waals surface area contributed by atoms with Crippen LogP contribution in [0, 0.1) is 6.92 Å². The molecule has 3 aromatic rings. The maximum atomic E-state index is 12.5. The van der Waals surface area contributed by atoms with Crippen LogP contribution in [0.3, 0.4) is 0 Å². The second kappa shape index (κ2) is 10.3. The molecular weight excluding hydrogens is 415 g/mol. The van der Waals surface area contributed by atoms with E-state index in [1.165, 1.54) is 11.3 Å². The van der Waals surface area contributed by atoms with Crippen molar-refractivity contribution in [1.82, 2.24) is 20.0 Å². The number of nitrogens with zero attached hydrogens (tertiary/aromatic N) is 3. The number of nitrogens with one attached hydrogen (secondary N) is 1. The number of halogens is 2. The zero-order valence-electron chi connectivity index (χ0n) is 16.4. The Balaban J connectivity index is 0.00000280. The van der Waals surface area contributed by atoms with Gasteiger partial charge in [0, 0.05) is 17.0 Å². The number of amides is 1. The molecule has 2 heterocycles. The third-order valence-electron chi connectivity index (χ3n) is 4.67. The zero-order valence-corrected chi connectivity index (χ0v) is 18.8. The SMILES string of the molecule is CCN(CC)CCCNC(=O)c1cc2c(C)nn(-c3ccc(Cl)cc3)c2s1.Cl. The highest BCUT2D eigenvalue weighted by Gasteiger charge is 2.17. The first-order valence-corrected chi connectivity index (χ1v) is 10.5. The number of benzene rings is 1. The molecule has 0 aliphatic carbocycles. The van der Waals surface area contributed by atoms with E-state index in [0.717, 1.165) is 52.5 Å². The van der Waals surface area contributed by atoms with Crippen molar-refractivity contribution in [2.75, 3.05) is 26.2 Å². The first-order chi connectivity index (χ1) is 13.0. The number of carbonyl (C=O) groups excluding carboxylic acids is 1. The summed E-state index contributed by atoms with van der Waals surface area (Å²) in [7, 11) is 0. The van der Waals surface area contributed by atoms with Gasteiger partial charge in [-0.25, -0.2) is 4.68 Å². The Morgan fingerprint density at radius 2 is 1.93 bits per heavy atom. The predicted molar refractivity (Wildman–Crippen MR) is 121 cm³/mol. The van der Waals surface area contributed by atoms with Crippen molar-refractivity contribution in [3.63, 3.8) is 0 Å². The molecule has 1 amide bonds. The van der Waals surface area contributed by atoms with Gasteiger partial charge in [-0.3, -0.25) is 4.79 Å². The summed E-state index contributed by atoms with van der Waals surface area (Å²) in [5.74, 6) is -0.0159. The van der Waals surface area contributed by atoms with Gasteiger partial charge in [-0.2, -0.15) is 5.10 Å². The molecule has 0 bridgehead atoms. The van der Waals surface area contributed by atoms with E-state index in [0.29, 0.717) is 11.6 Å². The van der Waals surface area contributed by atoms with Gasteiger partial charge < -0.3 is 10.2 Å². The van der Waals surface area contributed by atoms with Crippen molar-refractivity contribution >= 4 is 51.5 Å². The molecule has 5 nitrogen and oxygen atoms in total. The molecule has 0 unspecified atom stereocenters. The lowest BCUT2D eigenvalue weighted by molar-refractivity contribution is 0.0956. The number of aromatic nitrogens is 2. The Kier molecular flexibility index (Phi) is 8.31. The summed E-state index contributed by atoms with van der Waals surface area (Å²) >= 11 is 7.45. The van der Waals surface area contributed by atoms with E-state index in [2.05, 4.69) is 29.2 Å². The lowest BCUT2D eigenvalue weighted by atomic mass is 10.3. The molecule has 0 saturated heterocycles. The number of hydrogen-bond donors (Lipinski definition) is 1. The van der Waals surface area contributed by atoms with Gasteiger partial charge in [0.2, 0.25) is 0 Å². The van der Waals surface area contributed by atoms with Crippen LogP contribution in [0.4, 0.5) is 0 Å². The summed E-state index contributed by atoms with van der Waals surface area (Å²) in [6.07, 6.45) is 0.954. The summed E-state index contributed by atoms with van der Waals surface area (Å²) in [4.78, 5) is 16.6. The van der Waals surface area contributed by atoms with Gasteiger partial charge in [0.25, 0.3) is 5.91 Å². The fraction of sp³-hybridized carbons (Fsp3) is 0.400. The molecule has 0 radical (unpaired) electrons. The molecule has 0 aliphatic rings. The van der Waals surface area contributed by atoms with Crippen LogP contribution >= 0.6 is 35.3 Å². The molecule has 0 spiro atoms. The third-order valence-corrected chi connectivity index (χ3v) is 6.03. The minimum absolute atomic E-state index is 0. The normalized spacial score (nSPS) is 11.0. The minimum Gasteiger partial charge on any atom is -0.351 e. The van der Waals surface area contributed by atoms with Gasteiger partial charge in [0.05, 0.1) is 16.3 Å². The van der Waals surface area contributed by atoms with Crippen LogP contribution in [0.2, 0.25) is 5.02 Å². The van der Waals surface area contributed by atoms with Gasteiger partial charge in [0.1, 0.15) is 4.83 Å². The maximum absolute atomic E-state index is 12.5. The summed E-state index contributed by atoms with van der Waals surface area (Å²) < 4.78 is 1.88. The van der Waals surface area contributed by atoms with Gasteiger partial charge in [0.15, 0.2) is 0 Å². The van der Waals surface area contributed by atoms with Gasteiger partial charge in [-0.15, -0.1) is 23.7 Å². The Bertz CT molecular complexity index is 916. The van der Waals surface area contributed by atoms with Crippen molar-refractivity contribution in [2.45, 2.75) is 27.2 Å². The monoisotopic (exact) mass is 440 g/mol. The van der Waals surface area contributed by atoms with Crippen LogP contribution < -0.4 is 5.32 Å². The van der Waals surface area contributed by atoms with Crippen LogP contribution in [0.15, 0.2) is 30.3 Å². The van der Waals surface area contributed by atoms with Gasteiger partial charge >= 0.3 is 0 Å². The molecule has 1 N–H and O–H groups in total. The zero-order chi connectivity index (χ0) is 19.4. The van der Waals surface area contributed by atoms with Crippen LogP contribution in [-0.2, 0) is 0 Å². The molecule has 0 aliphatic heterocycles. The first-order valence-electron chi connectivity index (χ1n) is 9.29. The first kappa shape index (κ1) is 22.7. The highest BCUT2D eigenvalue weighted by molar-refractivity contribution is 7.20. The van der Waals surface area contributed by atoms with Crippen LogP contribution in [0.25, 0.3) is 15.9 Å². The van der Waals surface area contributed by atoms with E-state index in [-0.39, 0.29) is 18.3 Å². The number of hydrogen-bond acceptors (Lipinski definition) is 4. The van der Waals surface area contributed by atoms with Crippen molar-refractivity contribution in [3.05, 3.63) is 45.9 Å². The average molecular weight is 441 g/mol. The predicted octanol–water partition coefficient (Wildman–Crippen LogP) is 4.93. The molecule has 0 fully saturated rings. The Morgan fingerprint density at radius 1 is 1.25 bits per heavy atom. The quantitative estimate of drug-likeness (QED) is 0.504. The summed E-state index contributed by atoms with van der Waals surface area (Å²) in [6.45, 7) is 10.1. The van der Waals surface area contributed by atoms with Crippen molar-refractivity contribution in [3.8, 4) is 5.69 Å². The highest BCUT2D eigenvalue weighted by atomic mass is 35.5. The molecule has 152 valence electrons. The molecule has 28 heavy (non-hydrogen) atoms. The second-order valence-electron chi connectivity index (χ2n) is 6.44. The smallest absolute Gasteiger partial charge is 0.261 e. The number of carbonyl (C=O) groups is 1. The van der Waals surface area contributed by atoms with Crippen molar-refractivity contribution in [2.24, 2.45) is 0 Å². The number of fused-ring (bicyclic) bond motifs is 1. The fourth-order valence-corrected chi connectivity index (χ4v) is 4.27. The third kappa shape index (κ3) is 5.06. The molecule has 8 heteroatoms. The molecule has 0 saturated carbocycles. The summed E-state index contributed by atoms with van der Waals surface area (Å²) in [5.41, 5.74) is 1.85. The topological polar surface area (TPSA) is 50.2 Å². The molecular formula is C20H26Cl2N4OS. The average Bonchev–Trinajstić information content (AvgIpc) is 3.23. The van der Waals surface area contributed by atoms with Gasteiger partial charge in [-0.05, 0) is 63.3 Å². The van der Waals surface area contributed by atoms with E-state index in [1.54, 1.807) is 0 Å². The minimum atomic E-state index is -0.0159. The van der Waals surface area contributed by atoms with Crippen LogP contribution in [0.1, 0.15) is 35.6 Å². The molecule has 0 atom stereocenters. The summed E-state index contributed by atoms with van der Waals surface area (Å²) in [5, 5.41) is 9.35. The number of aryl methyl sites for hydroxylation is 1. The Hall–Kier alpha value is -1.60. The van der Waals surface area contributed by atoms with Gasteiger partial charge in [-0.1, -0.05) is 25.4 Å². The Morgan fingerprint density at radius 3 is 2.57 bits per heavy atom. The lowest BCUT2D eigenvalue weighted by Crippen LogP contribution is -2.29.